The Balaban J connectivity index is 2.60. The first-order valence-corrected chi connectivity index (χ1v) is 6.95. The van der Waals surface area contributed by atoms with Gasteiger partial charge in [-0.05, 0) is 30.5 Å². The van der Waals surface area contributed by atoms with Crippen LogP contribution in [0.2, 0.25) is 0 Å². The van der Waals surface area contributed by atoms with Gasteiger partial charge in [0.05, 0.1) is 5.69 Å². The van der Waals surface area contributed by atoms with E-state index in [1.807, 2.05) is 0 Å². The molecule has 1 rings (SSSR count). The van der Waals surface area contributed by atoms with Crippen molar-refractivity contribution in [3.8, 4) is 5.75 Å². The normalized spacial score (nSPS) is 10.3. The summed E-state index contributed by atoms with van der Waals surface area (Å²) in [6, 6.07) is 4.76. The van der Waals surface area contributed by atoms with Gasteiger partial charge in [-0.3, -0.25) is 9.59 Å². The van der Waals surface area contributed by atoms with Crippen molar-refractivity contribution in [3.63, 3.8) is 0 Å². The Morgan fingerprint density at radius 1 is 1.33 bits per heavy atom. The average molecular weight is 293 g/mol. The van der Waals surface area contributed by atoms with Gasteiger partial charge in [0.25, 0.3) is 11.8 Å². The minimum absolute atomic E-state index is 0.110. The maximum atomic E-state index is 11.9. The van der Waals surface area contributed by atoms with Crippen molar-refractivity contribution >= 4 is 17.5 Å². The van der Waals surface area contributed by atoms with E-state index < -0.39 is 0 Å². The molecular formula is C15H23N3O3. The number of nitrogens with one attached hydrogen (secondary N) is 2. The van der Waals surface area contributed by atoms with Crippen LogP contribution in [0.1, 0.15) is 30.6 Å². The number of benzene rings is 1. The fraction of sp³-hybridized carbons (Fsp3) is 0.467. The van der Waals surface area contributed by atoms with Crippen LogP contribution in [0.4, 0.5) is 5.69 Å². The monoisotopic (exact) mass is 293 g/mol. The van der Waals surface area contributed by atoms with Crippen molar-refractivity contribution < 1.29 is 14.3 Å². The lowest BCUT2D eigenvalue weighted by molar-refractivity contribution is -0.122. The van der Waals surface area contributed by atoms with Gasteiger partial charge in [0.2, 0.25) is 0 Å². The zero-order valence-corrected chi connectivity index (χ0v) is 12.7. The second-order valence-corrected chi connectivity index (χ2v) is 5.15. The molecule has 0 bridgehead atoms. The number of rotatable bonds is 7. The van der Waals surface area contributed by atoms with Gasteiger partial charge >= 0.3 is 0 Å². The van der Waals surface area contributed by atoms with Crippen molar-refractivity contribution in [1.29, 1.82) is 0 Å². The third kappa shape index (κ3) is 5.72. The predicted molar refractivity (Wildman–Crippen MR) is 82.2 cm³/mol. The van der Waals surface area contributed by atoms with Crippen LogP contribution in [0.15, 0.2) is 18.2 Å². The smallest absolute Gasteiger partial charge is 0.257 e. The molecule has 0 aliphatic heterocycles. The molecule has 0 aromatic heterocycles. The molecule has 0 saturated heterocycles. The molecule has 2 amide bonds. The van der Waals surface area contributed by atoms with Crippen LogP contribution >= 0.6 is 0 Å². The average Bonchev–Trinajstić information content (AvgIpc) is 2.44. The molecule has 1 aromatic rings. The van der Waals surface area contributed by atoms with Crippen LogP contribution in [0.25, 0.3) is 0 Å². The van der Waals surface area contributed by atoms with Gasteiger partial charge in [-0.15, -0.1) is 0 Å². The first kappa shape index (κ1) is 16.8. The summed E-state index contributed by atoms with van der Waals surface area (Å²) < 4.78 is 5.27. The number of carbonyl (C=O) groups is 2. The second kappa shape index (κ2) is 8.14. The van der Waals surface area contributed by atoms with E-state index in [0.717, 1.165) is 6.42 Å². The Kier molecular flexibility index (Phi) is 6.52. The second-order valence-electron chi connectivity index (χ2n) is 5.15. The molecule has 0 fully saturated rings. The number of likely N-dealkylation sites (N-methyl/N-ethyl adjacent to an activating group) is 1. The lowest BCUT2D eigenvalue weighted by atomic mass is 10.1. The maximum absolute atomic E-state index is 11.9. The maximum Gasteiger partial charge on any atom is 0.257 e. The Hall–Kier alpha value is -2.24. The van der Waals surface area contributed by atoms with Crippen molar-refractivity contribution in [2.24, 2.45) is 5.92 Å². The molecule has 6 heteroatoms. The van der Waals surface area contributed by atoms with E-state index in [1.165, 1.54) is 7.05 Å². The van der Waals surface area contributed by atoms with Crippen LogP contribution in [0.5, 0.6) is 5.75 Å². The highest BCUT2D eigenvalue weighted by Crippen LogP contribution is 2.22. The number of hydrogen-bond donors (Lipinski definition) is 3. The minimum Gasteiger partial charge on any atom is -0.482 e. The molecule has 4 N–H and O–H groups in total. The van der Waals surface area contributed by atoms with Crippen LogP contribution in [0.3, 0.4) is 0 Å². The van der Waals surface area contributed by atoms with Gasteiger partial charge in [0, 0.05) is 19.2 Å². The van der Waals surface area contributed by atoms with Gasteiger partial charge in [-0.25, -0.2) is 0 Å². The first-order chi connectivity index (χ1) is 9.93. The van der Waals surface area contributed by atoms with E-state index in [0.29, 0.717) is 29.5 Å². The van der Waals surface area contributed by atoms with E-state index in [4.69, 9.17) is 10.5 Å². The minimum atomic E-state index is -0.245. The summed E-state index contributed by atoms with van der Waals surface area (Å²) in [5.41, 5.74) is 6.63. The Bertz CT molecular complexity index is 501. The summed E-state index contributed by atoms with van der Waals surface area (Å²) in [4.78, 5) is 23.0. The van der Waals surface area contributed by atoms with Crippen molar-refractivity contribution in [2.45, 2.75) is 20.3 Å². The van der Waals surface area contributed by atoms with Gasteiger partial charge in [-0.1, -0.05) is 13.8 Å². The lowest BCUT2D eigenvalue weighted by Gasteiger charge is -2.11. The topological polar surface area (TPSA) is 93.4 Å². The quantitative estimate of drug-likeness (QED) is 0.658. The molecule has 0 saturated carbocycles. The lowest BCUT2D eigenvalue weighted by Crippen LogP contribution is -2.26. The fourth-order valence-corrected chi connectivity index (χ4v) is 1.61. The SMILES string of the molecule is CNC(=O)COc1ccc(C(=O)NCCC(C)C)cc1N. The third-order valence-electron chi connectivity index (χ3n) is 2.92. The molecule has 0 spiro atoms. The van der Waals surface area contributed by atoms with E-state index >= 15 is 0 Å². The highest BCUT2D eigenvalue weighted by molar-refractivity contribution is 5.95. The number of nitrogens with two attached hydrogens (primary N) is 1. The van der Waals surface area contributed by atoms with Crippen LogP contribution in [-0.4, -0.2) is 32.0 Å². The number of ether oxygens (including phenoxy) is 1. The summed E-state index contributed by atoms with van der Waals surface area (Å²) in [6.45, 7) is 4.72. The van der Waals surface area contributed by atoms with Crippen molar-refractivity contribution in [3.05, 3.63) is 23.8 Å². The molecule has 116 valence electrons. The largest absolute Gasteiger partial charge is 0.482 e. The Morgan fingerprint density at radius 3 is 2.62 bits per heavy atom. The number of carbonyl (C=O) groups excluding carboxylic acids is 2. The van der Waals surface area contributed by atoms with Gasteiger partial charge in [0.1, 0.15) is 5.75 Å². The predicted octanol–water partition coefficient (Wildman–Crippen LogP) is 1.17. The van der Waals surface area contributed by atoms with Crippen LogP contribution in [0, 0.1) is 5.92 Å². The van der Waals surface area contributed by atoms with Gasteiger partial charge < -0.3 is 21.1 Å². The number of amides is 2. The van der Waals surface area contributed by atoms with Crippen LogP contribution < -0.4 is 21.1 Å². The first-order valence-electron chi connectivity index (χ1n) is 6.95. The highest BCUT2D eigenvalue weighted by Gasteiger charge is 2.09. The molecule has 0 atom stereocenters. The molecule has 0 aliphatic rings. The Morgan fingerprint density at radius 2 is 2.05 bits per heavy atom. The van der Waals surface area contributed by atoms with Crippen molar-refractivity contribution in [1.82, 2.24) is 10.6 Å². The molecule has 0 radical (unpaired) electrons. The molecule has 1 aromatic carbocycles. The number of hydrogen-bond acceptors (Lipinski definition) is 4. The standard InChI is InChI=1S/C15H23N3O3/c1-10(2)6-7-18-15(20)11-4-5-13(12(16)8-11)21-9-14(19)17-3/h4-5,8,10H,6-7,9,16H2,1-3H3,(H,17,19)(H,18,20). The summed E-state index contributed by atoms with van der Waals surface area (Å²) in [5, 5.41) is 5.28. The summed E-state index contributed by atoms with van der Waals surface area (Å²) >= 11 is 0. The molecular weight excluding hydrogens is 270 g/mol. The molecule has 0 heterocycles. The van der Waals surface area contributed by atoms with Crippen molar-refractivity contribution in [2.75, 3.05) is 25.9 Å². The van der Waals surface area contributed by atoms with Crippen LogP contribution in [-0.2, 0) is 4.79 Å². The number of anilines is 1. The summed E-state index contributed by atoms with van der Waals surface area (Å²) in [7, 11) is 1.53. The zero-order valence-electron chi connectivity index (χ0n) is 12.7. The van der Waals surface area contributed by atoms with Gasteiger partial charge in [0.15, 0.2) is 6.61 Å². The zero-order chi connectivity index (χ0) is 15.8. The van der Waals surface area contributed by atoms with E-state index in [2.05, 4.69) is 24.5 Å². The molecule has 0 aliphatic carbocycles. The number of nitrogen functional groups attached to an aromatic ring is 1. The van der Waals surface area contributed by atoms with E-state index in [1.54, 1.807) is 18.2 Å². The van der Waals surface area contributed by atoms with E-state index in [-0.39, 0.29) is 18.4 Å². The fourth-order valence-electron chi connectivity index (χ4n) is 1.61. The van der Waals surface area contributed by atoms with E-state index in [9.17, 15) is 9.59 Å². The molecule has 21 heavy (non-hydrogen) atoms. The van der Waals surface area contributed by atoms with Gasteiger partial charge in [-0.2, -0.15) is 0 Å². The summed E-state index contributed by atoms with van der Waals surface area (Å²) in [6.07, 6.45) is 0.925. The third-order valence-corrected chi connectivity index (χ3v) is 2.92. The Labute approximate surface area is 125 Å². The highest BCUT2D eigenvalue weighted by atomic mass is 16.5. The molecule has 0 unspecified atom stereocenters. The molecule has 6 nitrogen and oxygen atoms in total. The summed E-state index contributed by atoms with van der Waals surface area (Å²) in [5.74, 6) is 0.512.